The molecule has 0 spiro atoms. The van der Waals surface area contributed by atoms with Gasteiger partial charge in [-0.15, -0.1) is 0 Å². The third-order valence-corrected chi connectivity index (χ3v) is 2.46. The Morgan fingerprint density at radius 3 is 2.50 bits per heavy atom. The second-order valence-electron chi connectivity index (χ2n) is 3.93. The van der Waals surface area contributed by atoms with Crippen LogP contribution in [-0.2, 0) is 6.18 Å². The number of rotatable bonds is 3. The summed E-state index contributed by atoms with van der Waals surface area (Å²) in [6.45, 7) is 0.457. The van der Waals surface area contributed by atoms with Gasteiger partial charge in [-0.1, -0.05) is 0 Å². The molecule has 16 heavy (non-hydrogen) atoms. The highest BCUT2D eigenvalue weighted by Crippen LogP contribution is 2.36. The summed E-state index contributed by atoms with van der Waals surface area (Å²) in [4.78, 5) is 0. The minimum absolute atomic E-state index is 0.111. The van der Waals surface area contributed by atoms with Crippen LogP contribution in [0.2, 0.25) is 0 Å². The first-order chi connectivity index (χ1) is 7.47. The topological polar surface area (TPSA) is 29.5 Å². The molecule has 1 aromatic rings. The van der Waals surface area contributed by atoms with E-state index in [0.29, 0.717) is 18.6 Å². The minimum Gasteiger partial charge on any atom is -0.504 e. The molecule has 0 bridgehead atoms. The Bertz CT molecular complexity index is 383. The fourth-order valence-electron chi connectivity index (χ4n) is 1.31. The Kier molecular flexibility index (Phi) is 2.69. The molecule has 0 heterocycles. The van der Waals surface area contributed by atoms with Crippen molar-refractivity contribution in [3.8, 4) is 11.5 Å². The molecule has 0 saturated heterocycles. The number of ether oxygens (including phenoxy) is 1. The normalized spacial score (nSPS) is 16.2. The zero-order chi connectivity index (χ0) is 11.8. The first-order valence-corrected chi connectivity index (χ1v) is 5.00. The molecule has 0 unspecified atom stereocenters. The second-order valence-corrected chi connectivity index (χ2v) is 3.93. The van der Waals surface area contributed by atoms with Gasteiger partial charge in [0.2, 0.25) is 0 Å². The van der Waals surface area contributed by atoms with Gasteiger partial charge < -0.3 is 9.84 Å². The summed E-state index contributed by atoms with van der Waals surface area (Å²) >= 11 is 0. The van der Waals surface area contributed by atoms with E-state index >= 15 is 0 Å². The lowest BCUT2D eigenvalue weighted by atomic mass is 10.2. The van der Waals surface area contributed by atoms with Crippen molar-refractivity contribution in [3.63, 3.8) is 0 Å². The smallest absolute Gasteiger partial charge is 0.416 e. The number of alkyl halides is 3. The Hall–Kier alpha value is -1.39. The van der Waals surface area contributed by atoms with Gasteiger partial charge in [-0.05, 0) is 37.0 Å². The molecule has 88 valence electrons. The molecular weight excluding hydrogens is 221 g/mol. The number of hydrogen-bond donors (Lipinski definition) is 1. The number of halogens is 3. The highest BCUT2D eigenvalue weighted by molar-refractivity contribution is 5.42. The zero-order valence-corrected chi connectivity index (χ0v) is 8.42. The average Bonchev–Trinajstić information content (AvgIpc) is 2.98. The van der Waals surface area contributed by atoms with Crippen LogP contribution < -0.4 is 4.74 Å². The SMILES string of the molecule is Oc1cc(C(F)(F)F)ccc1OCC1CC1. The number of phenols is 1. The van der Waals surface area contributed by atoms with Gasteiger partial charge in [-0.25, -0.2) is 0 Å². The van der Waals surface area contributed by atoms with Gasteiger partial charge in [0.25, 0.3) is 0 Å². The van der Waals surface area contributed by atoms with Crippen molar-refractivity contribution >= 4 is 0 Å². The quantitative estimate of drug-likeness (QED) is 0.867. The monoisotopic (exact) mass is 232 g/mol. The lowest BCUT2D eigenvalue weighted by Crippen LogP contribution is -2.05. The molecule has 0 aliphatic heterocycles. The van der Waals surface area contributed by atoms with Crippen LogP contribution in [0, 0.1) is 5.92 Å². The summed E-state index contributed by atoms with van der Waals surface area (Å²) in [5.74, 6) is 0.136. The van der Waals surface area contributed by atoms with E-state index in [2.05, 4.69) is 0 Å². The van der Waals surface area contributed by atoms with E-state index in [0.717, 1.165) is 25.0 Å². The maximum Gasteiger partial charge on any atom is 0.416 e. The molecule has 0 aromatic heterocycles. The summed E-state index contributed by atoms with van der Waals surface area (Å²) in [7, 11) is 0. The molecule has 5 heteroatoms. The average molecular weight is 232 g/mol. The molecule has 0 atom stereocenters. The minimum atomic E-state index is -4.44. The number of phenolic OH excluding ortho intramolecular Hbond substituents is 1. The number of aromatic hydroxyl groups is 1. The van der Waals surface area contributed by atoms with Crippen LogP contribution in [-0.4, -0.2) is 11.7 Å². The van der Waals surface area contributed by atoms with Gasteiger partial charge in [0.1, 0.15) is 0 Å². The van der Waals surface area contributed by atoms with Gasteiger partial charge in [0.15, 0.2) is 11.5 Å². The molecule has 0 amide bonds. The van der Waals surface area contributed by atoms with Crippen molar-refractivity contribution in [2.75, 3.05) is 6.61 Å². The van der Waals surface area contributed by atoms with Crippen LogP contribution in [0.5, 0.6) is 11.5 Å². The van der Waals surface area contributed by atoms with Crippen molar-refractivity contribution in [1.82, 2.24) is 0 Å². The Morgan fingerprint density at radius 2 is 2.00 bits per heavy atom. The van der Waals surface area contributed by atoms with Crippen molar-refractivity contribution in [3.05, 3.63) is 23.8 Å². The van der Waals surface area contributed by atoms with Gasteiger partial charge in [0.05, 0.1) is 12.2 Å². The van der Waals surface area contributed by atoms with Crippen LogP contribution in [0.15, 0.2) is 18.2 Å². The van der Waals surface area contributed by atoms with Crippen LogP contribution in [0.1, 0.15) is 18.4 Å². The lowest BCUT2D eigenvalue weighted by Gasteiger charge is -2.10. The van der Waals surface area contributed by atoms with Crippen molar-refractivity contribution < 1.29 is 23.0 Å². The molecule has 1 saturated carbocycles. The van der Waals surface area contributed by atoms with Crippen LogP contribution in [0.25, 0.3) is 0 Å². The predicted octanol–water partition coefficient (Wildman–Crippen LogP) is 3.20. The van der Waals surface area contributed by atoms with Crippen LogP contribution in [0.4, 0.5) is 13.2 Å². The van der Waals surface area contributed by atoms with E-state index in [9.17, 15) is 18.3 Å². The molecule has 1 fully saturated rings. The van der Waals surface area contributed by atoms with Crippen molar-refractivity contribution in [2.45, 2.75) is 19.0 Å². The molecule has 1 N–H and O–H groups in total. The summed E-state index contributed by atoms with van der Waals surface area (Å²) in [6.07, 6.45) is -2.27. The fraction of sp³-hybridized carbons (Fsp3) is 0.455. The zero-order valence-electron chi connectivity index (χ0n) is 8.42. The molecule has 0 radical (unpaired) electrons. The van der Waals surface area contributed by atoms with Gasteiger partial charge in [-0.2, -0.15) is 13.2 Å². The number of benzene rings is 1. The number of hydrogen-bond acceptors (Lipinski definition) is 2. The first kappa shape index (κ1) is 11.1. The Labute approximate surface area is 90.7 Å². The van der Waals surface area contributed by atoms with Crippen LogP contribution in [0.3, 0.4) is 0 Å². The predicted molar refractivity (Wildman–Crippen MR) is 51.3 cm³/mol. The molecule has 2 nitrogen and oxygen atoms in total. The van der Waals surface area contributed by atoms with E-state index < -0.39 is 17.5 Å². The Morgan fingerprint density at radius 1 is 1.31 bits per heavy atom. The third kappa shape index (κ3) is 2.59. The van der Waals surface area contributed by atoms with E-state index in [-0.39, 0.29) is 5.75 Å². The van der Waals surface area contributed by atoms with Gasteiger partial charge in [-0.3, -0.25) is 0 Å². The molecule has 1 aliphatic rings. The molecule has 1 aromatic carbocycles. The van der Waals surface area contributed by atoms with Gasteiger partial charge in [0, 0.05) is 0 Å². The maximum atomic E-state index is 12.3. The second kappa shape index (κ2) is 3.88. The van der Waals surface area contributed by atoms with Crippen molar-refractivity contribution in [2.24, 2.45) is 5.92 Å². The van der Waals surface area contributed by atoms with E-state index in [1.165, 1.54) is 0 Å². The molecular formula is C11H11F3O2. The molecule has 1 aliphatic carbocycles. The molecule has 2 rings (SSSR count). The highest BCUT2D eigenvalue weighted by Gasteiger charge is 2.31. The van der Waals surface area contributed by atoms with E-state index in [1.807, 2.05) is 0 Å². The van der Waals surface area contributed by atoms with E-state index in [1.54, 1.807) is 0 Å². The standard InChI is InChI=1S/C11H11F3O2/c12-11(13,14)8-3-4-10(9(15)5-8)16-6-7-1-2-7/h3-5,7,15H,1-2,6H2. The van der Waals surface area contributed by atoms with E-state index in [4.69, 9.17) is 4.74 Å². The third-order valence-electron chi connectivity index (χ3n) is 2.46. The van der Waals surface area contributed by atoms with Gasteiger partial charge >= 0.3 is 6.18 Å². The lowest BCUT2D eigenvalue weighted by molar-refractivity contribution is -0.137. The summed E-state index contributed by atoms with van der Waals surface area (Å²) in [5, 5.41) is 9.36. The highest BCUT2D eigenvalue weighted by atomic mass is 19.4. The largest absolute Gasteiger partial charge is 0.504 e. The maximum absolute atomic E-state index is 12.3. The summed E-state index contributed by atoms with van der Waals surface area (Å²) < 4.78 is 42.0. The first-order valence-electron chi connectivity index (χ1n) is 5.00. The summed E-state index contributed by atoms with van der Waals surface area (Å²) in [5.41, 5.74) is -0.872. The summed E-state index contributed by atoms with van der Waals surface area (Å²) in [6, 6.07) is 2.74. The van der Waals surface area contributed by atoms with Crippen molar-refractivity contribution in [1.29, 1.82) is 0 Å². The Balaban J connectivity index is 2.09. The fourth-order valence-corrected chi connectivity index (χ4v) is 1.31. The van der Waals surface area contributed by atoms with Crippen LogP contribution >= 0.6 is 0 Å².